The number of para-hydroxylation sites is 2. The molecule has 0 radical (unpaired) electrons. The van der Waals surface area contributed by atoms with Gasteiger partial charge in [-0.2, -0.15) is 5.10 Å². The van der Waals surface area contributed by atoms with Gasteiger partial charge in [-0.25, -0.2) is 10.4 Å². The van der Waals surface area contributed by atoms with Crippen LogP contribution in [0, 0.1) is 0 Å². The zero-order valence-corrected chi connectivity index (χ0v) is 15.5. The third-order valence-electron chi connectivity index (χ3n) is 3.73. The Kier molecular flexibility index (Phi) is 5.86. The lowest BCUT2D eigenvalue weighted by Crippen LogP contribution is -2.19. The molecule has 132 valence electrons. The van der Waals surface area contributed by atoms with E-state index in [1.807, 2.05) is 79.2 Å². The van der Waals surface area contributed by atoms with Crippen molar-refractivity contribution in [3.63, 3.8) is 0 Å². The minimum absolute atomic E-state index is 0.161. The summed E-state index contributed by atoms with van der Waals surface area (Å²) in [7, 11) is 1.95. The van der Waals surface area contributed by atoms with Crippen LogP contribution in [0.15, 0.2) is 70.4 Å². The summed E-state index contributed by atoms with van der Waals surface area (Å²) in [5, 5.41) is 4.82. The monoisotopic (exact) mass is 364 g/mol. The molecule has 5 nitrogen and oxygen atoms in total. The summed E-state index contributed by atoms with van der Waals surface area (Å²) in [5.41, 5.74) is 6.59. The fraction of sp³-hybridized carbons (Fsp3) is 0.150. The number of benzene rings is 2. The molecule has 0 bridgehead atoms. The van der Waals surface area contributed by atoms with E-state index in [1.54, 1.807) is 6.21 Å². The van der Waals surface area contributed by atoms with Crippen LogP contribution in [0.5, 0.6) is 0 Å². The maximum absolute atomic E-state index is 12.0. The van der Waals surface area contributed by atoms with Crippen LogP contribution in [0.2, 0.25) is 0 Å². The Balaban J connectivity index is 1.52. The average molecular weight is 364 g/mol. The lowest BCUT2D eigenvalue weighted by Gasteiger charge is -2.01. The smallest absolute Gasteiger partial charge is 0.250 e. The topological polar surface area (TPSA) is 59.3 Å². The fourth-order valence-electron chi connectivity index (χ4n) is 2.47. The Morgan fingerprint density at radius 1 is 1.19 bits per heavy atom. The van der Waals surface area contributed by atoms with Gasteiger partial charge >= 0.3 is 0 Å². The first kappa shape index (κ1) is 17.9. The number of nitrogens with zero attached hydrogens (tertiary/aromatic N) is 3. The number of carbonyl (C=O) groups is 1. The molecule has 0 aliphatic carbocycles. The molecule has 0 aliphatic heterocycles. The van der Waals surface area contributed by atoms with Crippen molar-refractivity contribution in [2.75, 3.05) is 5.75 Å². The Bertz CT molecular complexity index is 960. The van der Waals surface area contributed by atoms with Crippen LogP contribution in [-0.2, 0) is 11.8 Å². The fourth-order valence-corrected chi connectivity index (χ4v) is 3.25. The lowest BCUT2D eigenvalue weighted by atomic mass is 10.1. The molecule has 0 aliphatic rings. The Morgan fingerprint density at radius 2 is 1.92 bits per heavy atom. The van der Waals surface area contributed by atoms with Gasteiger partial charge in [-0.3, -0.25) is 4.79 Å². The zero-order chi connectivity index (χ0) is 18.4. The van der Waals surface area contributed by atoms with Crippen LogP contribution in [0.1, 0.15) is 12.5 Å². The highest BCUT2D eigenvalue weighted by Crippen LogP contribution is 2.22. The van der Waals surface area contributed by atoms with Crippen molar-refractivity contribution in [3.05, 3.63) is 65.7 Å². The second-order valence-electron chi connectivity index (χ2n) is 5.82. The first-order chi connectivity index (χ1) is 12.6. The maximum atomic E-state index is 12.0. The predicted molar refractivity (Wildman–Crippen MR) is 108 cm³/mol. The Morgan fingerprint density at radius 3 is 2.69 bits per heavy atom. The van der Waals surface area contributed by atoms with Crippen molar-refractivity contribution in [2.45, 2.75) is 12.1 Å². The third kappa shape index (κ3) is 4.61. The molecule has 1 amide bonds. The number of imidazole rings is 1. The molecular formula is C20H20N4OS. The molecule has 6 heteroatoms. The molecule has 0 saturated heterocycles. The number of nitrogens with one attached hydrogen (secondary N) is 1. The van der Waals surface area contributed by atoms with Gasteiger partial charge in [-0.05, 0) is 30.2 Å². The SMILES string of the molecule is CC(=C/c1ccccc1)/C=N/NC(=O)CSc1nc2ccccc2n1C. The number of hydrogen-bond acceptors (Lipinski definition) is 4. The van der Waals surface area contributed by atoms with Crippen molar-refractivity contribution < 1.29 is 4.79 Å². The van der Waals surface area contributed by atoms with E-state index in [1.165, 1.54) is 11.8 Å². The minimum atomic E-state index is -0.161. The summed E-state index contributed by atoms with van der Waals surface area (Å²) in [6.45, 7) is 1.94. The average Bonchev–Trinajstić information content (AvgIpc) is 2.97. The van der Waals surface area contributed by atoms with E-state index in [2.05, 4.69) is 15.5 Å². The summed E-state index contributed by atoms with van der Waals surface area (Å²) >= 11 is 1.39. The van der Waals surface area contributed by atoms with Gasteiger partial charge in [0.05, 0.1) is 23.0 Å². The van der Waals surface area contributed by atoms with E-state index in [0.29, 0.717) is 0 Å². The summed E-state index contributed by atoms with van der Waals surface area (Å²) in [5.74, 6) is 0.0986. The number of aromatic nitrogens is 2. The molecule has 3 aromatic rings. The molecule has 3 rings (SSSR count). The second-order valence-corrected chi connectivity index (χ2v) is 6.77. The van der Waals surface area contributed by atoms with Gasteiger partial charge in [0.25, 0.3) is 5.91 Å². The van der Waals surface area contributed by atoms with Gasteiger partial charge in [-0.15, -0.1) is 0 Å². The van der Waals surface area contributed by atoms with Crippen molar-refractivity contribution in [1.82, 2.24) is 15.0 Å². The van der Waals surface area contributed by atoms with E-state index in [-0.39, 0.29) is 11.7 Å². The lowest BCUT2D eigenvalue weighted by molar-refractivity contribution is -0.118. The molecule has 1 N–H and O–H groups in total. The van der Waals surface area contributed by atoms with Gasteiger partial charge < -0.3 is 4.57 Å². The highest BCUT2D eigenvalue weighted by atomic mass is 32.2. The summed E-state index contributed by atoms with van der Waals surface area (Å²) < 4.78 is 1.99. The quantitative estimate of drug-likeness (QED) is 0.410. The summed E-state index contributed by atoms with van der Waals surface area (Å²) in [6.07, 6.45) is 3.65. The number of hydrogen-bond donors (Lipinski definition) is 1. The zero-order valence-electron chi connectivity index (χ0n) is 14.7. The first-order valence-electron chi connectivity index (χ1n) is 8.23. The van der Waals surface area contributed by atoms with Gasteiger partial charge in [-0.1, -0.05) is 60.3 Å². The normalized spacial score (nSPS) is 12.0. The summed E-state index contributed by atoms with van der Waals surface area (Å²) in [6, 6.07) is 17.9. The van der Waals surface area contributed by atoms with Gasteiger partial charge in [0.2, 0.25) is 0 Å². The predicted octanol–water partition coefficient (Wildman–Crippen LogP) is 3.87. The number of aryl methyl sites for hydroxylation is 1. The maximum Gasteiger partial charge on any atom is 0.250 e. The number of carbonyl (C=O) groups excluding carboxylic acids is 1. The standard InChI is InChI=1S/C20H20N4OS/c1-15(12-16-8-4-3-5-9-16)13-21-23-19(25)14-26-20-22-17-10-6-7-11-18(17)24(20)2/h3-13H,14H2,1-2H3,(H,23,25)/b15-12-,21-13+. The third-order valence-corrected chi connectivity index (χ3v) is 4.76. The van der Waals surface area contributed by atoms with E-state index < -0.39 is 0 Å². The molecule has 1 heterocycles. The van der Waals surface area contributed by atoms with Crippen LogP contribution in [0.25, 0.3) is 17.1 Å². The number of rotatable bonds is 6. The highest BCUT2D eigenvalue weighted by molar-refractivity contribution is 7.99. The Hall–Kier alpha value is -2.86. The second kappa shape index (κ2) is 8.49. The number of amides is 1. The summed E-state index contributed by atoms with van der Waals surface area (Å²) in [4.78, 5) is 16.5. The van der Waals surface area contributed by atoms with E-state index in [0.717, 1.165) is 27.3 Å². The molecule has 0 unspecified atom stereocenters. The molecule has 0 fully saturated rings. The molecular weight excluding hydrogens is 344 g/mol. The van der Waals surface area contributed by atoms with E-state index in [4.69, 9.17) is 0 Å². The van der Waals surface area contributed by atoms with Crippen LogP contribution in [0.4, 0.5) is 0 Å². The number of fused-ring (bicyclic) bond motifs is 1. The molecule has 1 aromatic heterocycles. The molecule has 26 heavy (non-hydrogen) atoms. The number of hydrazone groups is 1. The molecule has 0 atom stereocenters. The number of allylic oxidation sites excluding steroid dienone is 1. The first-order valence-corrected chi connectivity index (χ1v) is 9.21. The Labute approximate surface area is 156 Å². The van der Waals surface area contributed by atoms with Gasteiger partial charge in [0, 0.05) is 7.05 Å². The van der Waals surface area contributed by atoms with Crippen LogP contribution >= 0.6 is 11.8 Å². The van der Waals surface area contributed by atoms with Crippen molar-refractivity contribution >= 4 is 41.0 Å². The van der Waals surface area contributed by atoms with Gasteiger partial charge in [0.15, 0.2) is 5.16 Å². The van der Waals surface area contributed by atoms with Crippen LogP contribution in [-0.4, -0.2) is 27.4 Å². The van der Waals surface area contributed by atoms with Crippen LogP contribution in [0.3, 0.4) is 0 Å². The van der Waals surface area contributed by atoms with Crippen molar-refractivity contribution in [2.24, 2.45) is 12.1 Å². The molecule has 0 spiro atoms. The van der Waals surface area contributed by atoms with E-state index >= 15 is 0 Å². The van der Waals surface area contributed by atoms with Crippen molar-refractivity contribution in [1.29, 1.82) is 0 Å². The van der Waals surface area contributed by atoms with E-state index in [9.17, 15) is 4.79 Å². The van der Waals surface area contributed by atoms with Crippen LogP contribution < -0.4 is 5.43 Å². The largest absolute Gasteiger partial charge is 0.322 e. The molecule has 0 saturated carbocycles. The number of thioether (sulfide) groups is 1. The molecule has 2 aromatic carbocycles. The van der Waals surface area contributed by atoms with Crippen molar-refractivity contribution in [3.8, 4) is 0 Å². The van der Waals surface area contributed by atoms with Gasteiger partial charge in [0.1, 0.15) is 0 Å². The highest BCUT2D eigenvalue weighted by Gasteiger charge is 2.09. The minimum Gasteiger partial charge on any atom is -0.322 e.